The Morgan fingerprint density at radius 2 is 2.35 bits per heavy atom. The van der Waals surface area contributed by atoms with Gasteiger partial charge >= 0.3 is 5.69 Å². The van der Waals surface area contributed by atoms with Crippen LogP contribution >= 0.6 is 0 Å². The van der Waals surface area contributed by atoms with Crippen LogP contribution in [0.5, 0.6) is 0 Å². The number of fused-ring (bicyclic) bond motifs is 3. The molecule has 4 heterocycles. The zero-order valence-electron chi connectivity index (χ0n) is 10.7. The first-order chi connectivity index (χ1) is 9.75. The van der Waals surface area contributed by atoms with Gasteiger partial charge in [-0.2, -0.15) is 0 Å². The summed E-state index contributed by atoms with van der Waals surface area (Å²) in [5, 5.41) is 3.85. The average Bonchev–Trinajstić information content (AvgIpc) is 3.02. The summed E-state index contributed by atoms with van der Waals surface area (Å²) in [7, 11) is 0. The lowest BCUT2D eigenvalue weighted by Gasteiger charge is -2.27. The first kappa shape index (κ1) is 11.7. The summed E-state index contributed by atoms with van der Waals surface area (Å²) < 4.78 is 15.7. The second kappa shape index (κ2) is 4.17. The highest BCUT2D eigenvalue weighted by molar-refractivity contribution is 6.00. The van der Waals surface area contributed by atoms with E-state index in [0.717, 1.165) is 10.9 Å². The molecule has 4 rings (SSSR count). The summed E-state index contributed by atoms with van der Waals surface area (Å²) in [4.78, 5) is 22.3. The SMILES string of the molecule is O=c1[nH]c2cnc3[nH]ccc3c2n1C1CCNC[C@@H]1F. The second-order valence-electron chi connectivity index (χ2n) is 5.14. The van der Waals surface area contributed by atoms with Crippen molar-refractivity contribution >= 4 is 22.1 Å². The zero-order chi connectivity index (χ0) is 13.7. The van der Waals surface area contributed by atoms with Gasteiger partial charge in [-0.1, -0.05) is 0 Å². The third-order valence-corrected chi connectivity index (χ3v) is 3.96. The van der Waals surface area contributed by atoms with Crippen molar-refractivity contribution in [3.8, 4) is 0 Å². The molecule has 0 bridgehead atoms. The van der Waals surface area contributed by atoms with Crippen LogP contribution in [-0.2, 0) is 0 Å². The summed E-state index contributed by atoms with van der Waals surface area (Å²) in [6, 6.07) is 1.43. The third kappa shape index (κ3) is 1.53. The molecule has 104 valence electrons. The lowest BCUT2D eigenvalue weighted by atomic mass is 10.0. The number of aromatic nitrogens is 4. The number of halogens is 1. The van der Waals surface area contributed by atoms with Crippen LogP contribution in [-0.4, -0.2) is 38.8 Å². The molecule has 1 aliphatic rings. The largest absolute Gasteiger partial charge is 0.346 e. The standard InChI is InChI=1S/C13H14FN5O/c14-8-5-15-3-2-10(8)19-11-7-1-4-16-12(7)17-6-9(11)18-13(19)20/h1,4,6,8,10,15H,2-3,5H2,(H,16,17)(H,18,20)/t8-,10?/m0/s1. The highest BCUT2D eigenvalue weighted by atomic mass is 19.1. The number of alkyl halides is 1. The fourth-order valence-electron chi connectivity index (χ4n) is 3.04. The number of rotatable bonds is 1. The van der Waals surface area contributed by atoms with E-state index in [0.29, 0.717) is 24.1 Å². The fourth-order valence-corrected chi connectivity index (χ4v) is 3.04. The number of hydrogen-bond donors (Lipinski definition) is 3. The number of pyridine rings is 1. The minimum atomic E-state index is -1.07. The monoisotopic (exact) mass is 275 g/mol. The van der Waals surface area contributed by atoms with Crippen molar-refractivity contribution in [1.29, 1.82) is 0 Å². The average molecular weight is 275 g/mol. The molecule has 20 heavy (non-hydrogen) atoms. The van der Waals surface area contributed by atoms with Crippen molar-refractivity contribution in [2.45, 2.75) is 18.6 Å². The van der Waals surface area contributed by atoms with Gasteiger partial charge in [0.2, 0.25) is 0 Å². The topological polar surface area (TPSA) is 78.5 Å². The molecule has 0 saturated carbocycles. The molecule has 0 radical (unpaired) electrons. The number of imidazole rings is 1. The Morgan fingerprint density at radius 1 is 1.45 bits per heavy atom. The molecule has 0 amide bonds. The minimum absolute atomic E-state index is 0.273. The van der Waals surface area contributed by atoms with E-state index >= 15 is 0 Å². The lowest BCUT2D eigenvalue weighted by molar-refractivity contribution is 0.184. The number of hydrogen-bond acceptors (Lipinski definition) is 3. The van der Waals surface area contributed by atoms with Crippen LogP contribution in [0.3, 0.4) is 0 Å². The maximum atomic E-state index is 14.2. The maximum absolute atomic E-state index is 14.2. The Bertz CT molecular complexity index is 832. The Labute approximate surface area is 113 Å². The van der Waals surface area contributed by atoms with Crippen molar-refractivity contribution in [1.82, 2.24) is 24.8 Å². The van der Waals surface area contributed by atoms with Gasteiger partial charge in [-0.3, -0.25) is 4.57 Å². The molecule has 3 N–H and O–H groups in total. The molecule has 1 saturated heterocycles. The van der Waals surface area contributed by atoms with Gasteiger partial charge in [-0.05, 0) is 19.0 Å². The van der Waals surface area contributed by atoms with Crippen molar-refractivity contribution in [2.75, 3.05) is 13.1 Å². The second-order valence-corrected chi connectivity index (χ2v) is 5.14. The predicted molar refractivity (Wildman–Crippen MR) is 73.6 cm³/mol. The Balaban J connectivity index is 2.04. The van der Waals surface area contributed by atoms with E-state index < -0.39 is 12.2 Å². The van der Waals surface area contributed by atoms with Crippen molar-refractivity contribution < 1.29 is 4.39 Å². The fraction of sp³-hybridized carbons (Fsp3) is 0.385. The van der Waals surface area contributed by atoms with Gasteiger partial charge in [0.25, 0.3) is 0 Å². The van der Waals surface area contributed by atoms with E-state index in [1.54, 1.807) is 17.0 Å². The summed E-state index contributed by atoms with van der Waals surface area (Å²) >= 11 is 0. The predicted octanol–water partition coefficient (Wildman–Crippen LogP) is 1.08. The summed E-state index contributed by atoms with van der Waals surface area (Å²) in [6.45, 7) is 0.997. The molecule has 2 atom stereocenters. The van der Waals surface area contributed by atoms with Gasteiger partial charge in [-0.25, -0.2) is 14.2 Å². The van der Waals surface area contributed by atoms with Crippen LogP contribution in [0.15, 0.2) is 23.3 Å². The molecule has 3 aromatic heterocycles. The van der Waals surface area contributed by atoms with E-state index in [4.69, 9.17) is 0 Å². The molecule has 3 aromatic rings. The molecule has 0 aliphatic carbocycles. The van der Waals surface area contributed by atoms with Crippen LogP contribution in [0.2, 0.25) is 0 Å². The number of H-pyrrole nitrogens is 2. The van der Waals surface area contributed by atoms with Crippen LogP contribution in [0, 0.1) is 0 Å². The number of nitrogens with zero attached hydrogens (tertiary/aromatic N) is 2. The Kier molecular flexibility index (Phi) is 2.43. The number of nitrogens with one attached hydrogen (secondary N) is 3. The van der Waals surface area contributed by atoms with Gasteiger partial charge in [0.05, 0.1) is 23.3 Å². The number of aromatic amines is 2. The minimum Gasteiger partial charge on any atom is -0.346 e. The summed E-state index contributed by atoms with van der Waals surface area (Å²) in [5.41, 5.74) is 1.81. The normalized spacial score (nSPS) is 23.6. The number of piperidine rings is 1. The van der Waals surface area contributed by atoms with Gasteiger partial charge in [0, 0.05) is 18.1 Å². The van der Waals surface area contributed by atoms with E-state index in [1.165, 1.54) is 0 Å². The van der Waals surface area contributed by atoms with Gasteiger partial charge in [0.15, 0.2) is 0 Å². The van der Waals surface area contributed by atoms with Crippen molar-refractivity contribution in [2.24, 2.45) is 0 Å². The molecule has 6 nitrogen and oxygen atoms in total. The molecule has 1 aliphatic heterocycles. The maximum Gasteiger partial charge on any atom is 0.326 e. The van der Waals surface area contributed by atoms with Crippen LogP contribution in [0.1, 0.15) is 12.5 Å². The van der Waals surface area contributed by atoms with Crippen molar-refractivity contribution in [3.63, 3.8) is 0 Å². The van der Waals surface area contributed by atoms with Gasteiger partial charge in [-0.15, -0.1) is 0 Å². The van der Waals surface area contributed by atoms with Gasteiger partial charge < -0.3 is 15.3 Å². The molecule has 0 aromatic carbocycles. The summed E-state index contributed by atoms with van der Waals surface area (Å²) in [5.74, 6) is 0. The first-order valence-corrected chi connectivity index (χ1v) is 6.67. The molecular weight excluding hydrogens is 261 g/mol. The van der Waals surface area contributed by atoms with Crippen LogP contribution in [0.4, 0.5) is 4.39 Å². The molecular formula is C13H14FN5O. The van der Waals surface area contributed by atoms with Crippen LogP contribution < -0.4 is 11.0 Å². The van der Waals surface area contributed by atoms with Crippen LogP contribution in [0.25, 0.3) is 22.1 Å². The Morgan fingerprint density at radius 3 is 3.20 bits per heavy atom. The van der Waals surface area contributed by atoms with E-state index in [1.807, 2.05) is 6.07 Å². The lowest BCUT2D eigenvalue weighted by Crippen LogP contribution is -2.41. The highest BCUT2D eigenvalue weighted by Gasteiger charge is 2.29. The zero-order valence-corrected chi connectivity index (χ0v) is 10.7. The van der Waals surface area contributed by atoms with Gasteiger partial charge in [0.1, 0.15) is 11.8 Å². The quantitative estimate of drug-likeness (QED) is 0.622. The highest BCUT2D eigenvalue weighted by Crippen LogP contribution is 2.28. The van der Waals surface area contributed by atoms with E-state index in [2.05, 4.69) is 20.3 Å². The molecule has 7 heteroatoms. The smallest absolute Gasteiger partial charge is 0.326 e. The first-order valence-electron chi connectivity index (χ1n) is 6.67. The molecule has 0 spiro atoms. The molecule has 1 unspecified atom stereocenters. The third-order valence-electron chi connectivity index (χ3n) is 3.96. The van der Waals surface area contributed by atoms with E-state index in [9.17, 15) is 9.18 Å². The molecule has 1 fully saturated rings. The Hall–Kier alpha value is -2.15. The van der Waals surface area contributed by atoms with E-state index in [-0.39, 0.29) is 12.2 Å². The van der Waals surface area contributed by atoms with Crippen molar-refractivity contribution in [3.05, 3.63) is 28.9 Å². The summed E-state index contributed by atoms with van der Waals surface area (Å²) in [6.07, 6.45) is 2.92.